The van der Waals surface area contributed by atoms with Crippen molar-refractivity contribution >= 4 is 17.2 Å². The number of nitrogens with zero attached hydrogens (tertiary/aromatic N) is 2. The third-order valence-corrected chi connectivity index (χ3v) is 5.95. The summed E-state index contributed by atoms with van der Waals surface area (Å²) >= 11 is 1.52. The van der Waals surface area contributed by atoms with Gasteiger partial charge in [0, 0.05) is 30.6 Å². The summed E-state index contributed by atoms with van der Waals surface area (Å²) < 4.78 is 22.6. The van der Waals surface area contributed by atoms with Gasteiger partial charge in [-0.3, -0.25) is 9.69 Å². The van der Waals surface area contributed by atoms with Crippen LogP contribution in [0.25, 0.3) is 0 Å². The number of aromatic nitrogens is 1. The molecular weight excluding hydrogens is 430 g/mol. The van der Waals surface area contributed by atoms with Crippen molar-refractivity contribution in [1.82, 2.24) is 15.2 Å². The highest BCUT2D eigenvalue weighted by atomic mass is 32.1. The highest BCUT2D eigenvalue weighted by molar-refractivity contribution is 7.07. The van der Waals surface area contributed by atoms with Crippen molar-refractivity contribution in [3.63, 3.8) is 0 Å². The summed E-state index contributed by atoms with van der Waals surface area (Å²) in [5.74, 6) is 2.57. The third kappa shape index (κ3) is 5.48. The first-order valence-electron chi connectivity index (χ1n) is 10.5. The lowest BCUT2D eigenvalue weighted by Crippen LogP contribution is -2.43. The number of amides is 1. The first-order chi connectivity index (χ1) is 15.6. The van der Waals surface area contributed by atoms with Gasteiger partial charge in [-0.25, -0.2) is 4.98 Å². The molecule has 1 N–H and O–H groups in total. The van der Waals surface area contributed by atoms with Crippen LogP contribution in [0.3, 0.4) is 0 Å². The summed E-state index contributed by atoms with van der Waals surface area (Å²) in [7, 11) is 1.56. The number of hydrogen-bond acceptors (Lipinski definition) is 8. The van der Waals surface area contributed by atoms with Crippen molar-refractivity contribution in [3.8, 4) is 11.5 Å². The number of carbonyl (C=O) groups is 1. The van der Waals surface area contributed by atoms with Gasteiger partial charge in [-0.1, -0.05) is 0 Å². The van der Waals surface area contributed by atoms with Gasteiger partial charge in [0.15, 0.2) is 11.5 Å². The van der Waals surface area contributed by atoms with E-state index in [9.17, 15) is 4.79 Å². The molecule has 1 aromatic carbocycles. The lowest BCUT2D eigenvalue weighted by molar-refractivity contribution is 0.0117. The van der Waals surface area contributed by atoms with Crippen LogP contribution < -0.4 is 14.8 Å². The van der Waals surface area contributed by atoms with Crippen LogP contribution in [0.2, 0.25) is 0 Å². The minimum absolute atomic E-state index is 0.0563. The van der Waals surface area contributed by atoms with E-state index in [1.54, 1.807) is 30.8 Å². The maximum atomic E-state index is 12.9. The molecule has 1 amide bonds. The second kappa shape index (κ2) is 10.6. The van der Waals surface area contributed by atoms with Crippen molar-refractivity contribution < 1.29 is 23.4 Å². The normalized spacial score (nSPS) is 15.3. The molecule has 1 aliphatic rings. The summed E-state index contributed by atoms with van der Waals surface area (Å²) in [6, 6.07) is 9.02. The van der Waals surface area contributed by atoms with Gasteiger partial charge in [0.1, 0.15) is 18.1 Å². The van der Waals surface area contributed by atoms with Crippen LogP contribution in [0, 0.1) is 6.92 Å². The monoisotopic (exact) mass is 457 g/mol. The Morgan fingerprint density at radius 2 is 2.09 bits per heavy atom. The molecule has 0 radical (unpaired) electrons. The number of methoxy groups -OCH3 is 1. The van der Waals surface area contributed by atoms with E-state index in [-0.39, 0.29) is 11.9 Å². The van der Waals surface area contributed by atoms with Gasteiger partial charge in [-0.15, -0.1) is 11.3 Å². The SMILES string of the molecule is COc1cc(C(=O)NCC(c2ccc(C)o2)N2CCOCC2)ccc1OCc1cscn1. The Morgan fingerprint density at radius 1 is 1.25 bits per heavy atom. The Kier molecular flexibility index (Phi) is 7.41. The zero-order valence-electron chi connectivity index (χ0n) is 18.2. The fraction of sp³-hybridized carbons (Fsp3) is 0.391. The number of thiazole rings is 1. The molecule has 1 atom stereocenters. The summed E-state index contributed by atoms with van der Waals surface area (Å²) in [6.45, 7) is 5.61. The number of morpholine rings is 1. The van der Waals surface area contributed by atoms with E-state index in [1.165, 1.54) is 11.3 Å². The van der Waals surface area contributed by atoms with Crippen LogP contribution in [0.1, 0.15) is 33.6 Å². The van der Waals surface area contributed by atoms with E-state index in [4.69, 9.17) is 18.6 Å². The highest BCUT2D eigenvalue weighted by Gasteiger charge is 2.26. The lowest BCUT2D eigenvalue weighted by atomic mass is 10.1. The smallest absolute Gasteiger partial charge is 0.251 e. The second-order valence-electron chi connectivity index (χ2n) is 7.46. The molecule has 9 heteroatoms. The maximum absolute atomic E-state index is 12.9. The number of nitrogens with one attached hydrogen (secondary N) is 1. The van der Waals surface area contributed by atoms with Crippen LogP contribution in [-0.4, -0.2) is 55.7 Å². The topological polar surface area (TPSA) is 86.1 Å². The average Bonchev–Trinajstić information content (AvgIpc) is 3.50. The van der Waals surface area contributed by atoms with Crippen molar-refractivity contribution in [1.29, 1.82) is 0 Å². The number of ether oxygens (including phenoxy) is 3. The van der Waals surface area contributed by atoms with E-state index >= 15 is 0 Å². The molecule has 3 heterocycles. The number of hydrogen-bond donors (Lipinski definition) is 1. The lowest BCUT2D eigenvalue weighted by Gasteiger charge is -2.33. The van der Waals surface area contributed by atoms with Crippen molar-refractivity contribution in [2.45, 2.75) is 19.6 Å². The van der Waals surface area contributed by atoms with Gasteiger partial charge in [0.25, 0.3) is 5.91 Å². The maximum Gasteiger partial charge on any atom is 0.251 e. The first-order valence-corrected chi connectivity index (χ1v) is 11.4. The Bertz CT molecular complexity index is 1010. The van der Waals surface area contributed by atoms with Gasteiger partial charge >= 0.3 is 0 Å². The average molecular weight is 458 g/mol. The predicted octanol–water partition coefficient (Wildman–Crippen LogP) is 3.44. The van der Waals surface area contributed by atoms with Crippen LogP contribution >= 0.6 is 11.3 Å². The number of carbonyl (C=O) groups excluding carboxylic acids is 1. The summed E-state index contributed by atoms with van der Waals surface area (Å²) in [5.41, 5.74) is 3.11. The number of aryl methyl sites for hydroxylation is 1. The first kappa shape index (κ1) is 22.3. The molecule has 32 heavy (non-hydrogen) atoms. The zero-order chi connectivity index (χ0) is 22.3. The molecular formula is C23H27N3O5S. The van der Waals surface area contributed by atoms with Gasteiger partial charge in [-0.2, -0.15) is 0 Å². The van der Waals surface area contributed by atoms with Crippen LogP contribution in [0.4, 0.5) is 0 Å². The van der Waals surface area contributed by atoms with Crippen LogP contribution in [0.5, 0.6) is 11.5 Å². The Balaban J connectivity index is 1.42. The van der Waals surface area contributed by atoms with Gasteiger partial charge < -0.3 is 23.9 Å². The molecule has 0 bridgehead atoms. The van der Waals surface area contributed by atoms with Crippen molar-refractivity contribution in [3.05, 3.63) is 64.0 Å². The summed E-state index contributed by atoms with van der Waals surface area (Å²) in [5, 5.41) is 4.97. The molecule has 170 valence electrons. The summed E-state index contributed by atoms with van der Waals surface area (Å²) in [4.78, 5) is 19.4. The molecule has 1 saturated heterocycles. The fourth-order valence-corrected chi connectivity index (χ4v) is 4.15. The van der Waals surface area contributed by atoms with Gasteiger partial charge in [0.2, 0.25) is 0 Å². The Labute approximate surface area is 191 Å². The zero-order valence-corrected chi connectivity index (χ0v) is 19.0. The molecule has 0 aliphatic carbocycles. The van der Waals surface area contributed by atoms with Crippen molar-refractivity contribution in [2.75, 3.05) is 40.0 Å². The molecule has 8 nitrogen and oxygen atoms in total. The minimum atomic E-state index is -0.184. The number of benzene rings is 1. The molecule has 1 unspecified atom stereocenters. The Morgan fingerprint density at radius 3 is 2.78 bits per heavy atom. The number of rotatable bonds is 9. The largest absolute Gasteiger partial charge is 0.493 e. The van der Waals surface area contributed by atoms with Gasteiger partial charge in [-0.05, 0) is 37.3 Å². The van der Waals surface area contributed by atoms with Crippen LogP contribution in [0.15, 0.2) is 45.6 Å². The molecule has 2 aromatic heterocycles. The van der Waals surface area contributed by atoms with Gasteiger partial charge in [0.05, 0.1) is 37.6 Å². The minimum Gasteiger partial charge on any atom is -0.493 e. The molecule has 3 aromatic rings. The standard InChI is InChI=1S/C23H27N3O5S/c1-16-3-5-20(31-16)19(26-7-9-29-10-8-26)12-24-23(27)17-4-6-21(22(11-17)28-2)30-13-18-14-32-15-25-18/h3-6,11,14-15,19H,7-10,12-13H2,1-2H3,(H,24,27). The van der Waals surface area contributed by atoms with E-state index in [0.717, 1.165) is 30.3 Å². The fourth-order valence-electron chi connectivity index (χ4n) is 3.61. The van der Waals surface area contributed by atoms with E-state index in [0.29, 0.717) is 43.4 Å². The summed E-state index contributed by atoms with van der Waals surface area (Å²) in [6.07, 6.45) is 0. The Hall–Kier alpha value is -2.88. The molecule has 0 spiro atoms. The second-order valence-corrected chi connectivity index (χ2v) is 8.18. The van der Waals surface area contributed by atoms with Crippen LogP contribution in [-0.2, 0) is 11.3 Å². The van der Waals surface area contributed by atoms with E-state index in [2.05, 4.69) is 15.2 Å². The number of furan rings is 1. The molecule has 4 rings (SSSR count). The molecule has 1 aliphatic heterocycles. The predicted molar refractivity (Wildman–Crippen MR) is 120 cm³/mol. The molecule has 0 saturated carbocycles. The quantitative estimate of drug-likeness (QED) is 0.527. The van der Waals surface area contributed by atoms with Crippen molar-refractivity contribution in [2.24, 2.45) is 0 Å². The van der Waals surface area contributed by atoms with E-state index < -0.39 is 0 Å². The highest BCUT2D eigenvalue weighted by Crippen LogP contribution is 2.29. The third-order valence-electron chi connectivity index (χ3n) is 5.32. The van der Waals surface area contributed by atoms with E-state index in [1.807, 2.05) is 24.4 Å². The molecule has 1 fully saturated rings.